The van der Waals surface area contributed by atoms with E-state index in [0.717, 1.165) is 193 Å². The zero-order chi connectivity index (χ0) is 97.4. The Balaban J connectivity index is 0.000000139. The number of hydrogen-bond acceptors (Lipinski definition) is 30. The lowest BCUT2D eigenvalue weighted by Gasteiger charge is -2.43. The van der Waals surface area contributed by atoms with Crippen molar-refractivity contribution in [1.82, 2.24) is 49.5 Å². The van der Waals surface area contributed by atoms with E-state index < -0.39 is 0 Å². The van der Waals surface area contributed by atoms with Gasteiger partial charge < -0.3 is 80.1 Å². The Morgan fingerprint density at radius 3 is 1.17 bits per heavy atom. The van der Waals surface area contributed by atoms with Gasteiger partial charge in [-0.2, -0.15) is 0 Å². The van der Waals surface area contributed by atoms with Gasteiger partial charge in [-0.25, -0.2) is 53.9 Å². The average Bonchev–Trinajstić information content (AvgIpc) is 1.61. The minimum absolute atomic E-state index is 0.00801. The third-order valence-electron chi connectivity index (χ3n) is 29.0. The van der Waals surface area contributed by atoms with Crippen LogP contribution in [-0.4, -0.2) is 250 Å². The molecule has 11 saturated heterocycles. The van der Waals surface area contributed by atoms with Gasteiger partial charge in [0.25, 0.3) is 0 Å². The fourth-order valence-corrected chi connectivity index (χ4v) is 21.9. The van der Waals surface area contributed by atoms with Crippen LogP contribution in [0.25, 0.3) is 0 Å². The number of hydrogen-bond donors (Lipinski definition) is 6. The van der Waals surface area contributed by atoms with Crippen LogP contribution in [-0.2, 0) is 38.4 Å². The maximum atomic E-state index is 14.3. The van der Waals surface area contributed by atoms with Gasteiger partial charge in [-0.05, 0) is 206 Å². The van der Waals surface area contributed by atoms with Crippen molar-refractivity contribution in [2.75, 3.05) is 196 Å². The van der Waals surface area contributed by atoms with Gasteiger partial charge in [0.15, 0.2) is 17.5 Å². The summed E-state index contributed by atoms with van der Waals surface area (Å²) < 4.78 is 57.4. The number of aromatic nitrogens is 6. The van der Waals surface area contributed by atoms with Gasteiger partial charge in [-0.15, -0.1) is 0 Å². The number of carbonyl (C=O) groups is 3. The van der Waals surface area contributed by atoms with Crippen molar-refractivity contribution in [3.8, 4) is 17.2 Å². The predicted molar refractivity (Wildman–Crippen MR) is 541 cm³/mol. The minimum atomic E-state index is -0.294. The topological polar surface area (TPSA) is 307 Å². The molecule has 36 heteroatoms. The number of morpholine rings is 2. The Bertz CT molecular complexity index is 5700. The van der Waals surface area contributed by atoms with E-state index in [2.05, 4.69) is 136 Å². The van der Waals surface area contributed by atoms with Gasteiger partial charge >= 0.3 is 0 Å². The predicted octanol–water partition coefficient (Wildman–Crippen LogP) is 16.4. The highest BCUT2D eigenvalue weighted by Crippen LogP contribution is 2.48. The summed E-state index contributed by atoms with van der Waals surface area (Å²) in [4.78, 5) is 99.7. The maximum absolute atomic E-state index is 14.3. The summed E-state index contributed by atoms with van der Waals surface area (Å²) in [5.74, 6) is 3.81. The normalized spacial score (nSPS) is 21.9. The van der Waals surface area contributed by atoms with Gasteiger partial charge in [0.2, 0.25) is 17.7 Å². The van der Waals surface area contributed by atoms with Crippen molar-refractivity contribution >= 4 is 115 Å². The molecule has 0 saturated carbocycles. The summed E-state index contributed by atoms with van der Waals surface area (Å²) in [5.41, 5.74) is 12.0. The van der Waals surface area contributed by atoms with Crippen LogP contribution in [0.2, 0.25) is 5.02 Å². The fraction of sp³-hybridized carbons (Fsp3) is 0.452. The first-order chi connectivity index (χ1) is 68.0. The van der Waals surface area contributed by atoms with E-state index in [1.54, 1.807) is 62.6 Å². The molecule has 0 radical (unpaired) electrons. The van der Waals surface area contributed by atoms with E-state index in [1.807, 2.05) is 85.6 Å². The number of benzene rings is 6. The van der Waals surface area contributed by atoms with E-state index in [-0.39, 0.29) is 47.5 Å². The zero-order valence-electron chi connectivity index (χ0n) is 80.9. The molecule has 0 unspecified atom stereocenters. The second-order valence-electron chi connectivity index (χ2n) is 37.9. The Labute approximate surface area is 821 Å². The van der Waals surface area contributed by atoms with Crippen LogP contribution in [0.4, 0.5) is 94.9 Å². The molecule has 7 atom stereocenters. The lowest BCUT2D eigenvalue weighted by Crippen LogP contribution is -2.50. The molecule has 3 amide bonds. The molecule has 0 spiro atoms. The van der Waals surface area contributed by atoms with Crippen molar-refractivity contribution in [2.45, 2.75) is 171 Å². The van der Waals surface area contributed by atoms with Crippen molar-refractivity contribution in [2.24, 2.45) is 0 Å². The Kier molecular flexibility index (Phi) is 30.9. The lowest BCUT2D eigenvalue weighted by molar-refractivity contribution is -0.112. The number of aryl methyl sites for hydroxylation is 3. The third kappa shape index (κ3) is 22.3. The number of methoxy groups -OCH3 is 3. The van der Waals surface area contributed by atoms with E-state index >= 15 is 0 Å². The molecular formula is C104H127ClF2N22O11. The Hall–Kier alpha value is -12.4. The van der Waals surface area contributed by atoms with Crippen LogP contribution >= 0.6 is 11.6 Å². The highest BCUT2D eigenvalue weighted by atomic mass is 35.5. The number of ether oxygens (including phenoxy) is 5. The van der Waals surface area contributed by atoms with Crippen molar-refractivity contribution in [1.29, 1.82) is 0 Å². The van der Waals surface area contributed by atoms with Crippen molar-refractivity contribution in [3.05, 3.63) is 216 Å². The number of halogens is 3. The molecule has 6 N–H and O–H groups in total. The third-order valence-corrected chi connectivity index (χ3v) is 29.4. The van der Waals surface area contributed by atoms with E-state index in [1.165, 1.54) is 62.2 Å². The molecule has 33 nitrogen and oxygen atoms in total. The Morgan fingerprint density at radius 1 is 0.436 bits per heavy atom. The highest BCUT2D eigenvalue weighted by Gasteiger charge is 2.46. The summed E-state index contributed by atoms with van der Waals surface area (Å²) in [6, 6.07) is 36.3. The monoisotopic (exact) mass is 1930 g/mol. The van der Waals surface area contributed by atoms with Gasteiger partial charge in [0.1, 0.15) is 65.3 Å². The molecule has 11 aliphatic rings. The van der Waals surface area contributed by atoms with Gasteiger partial charge in [-0.3, -0.25) is 38.7 Å². The fourth-order valence-electron chi connectivity index (χ4n) is 21.7. The maximum Gasteiger partial charge on any atom is 0.247 e. The summed E-state index contributed by atoms with van der Waals surface area (Å²) in [6.07, 6.45) is 22.3. The van der Waals surface area contributed by atoms with Crippen molar-refractivity contribution in [3.63, 3.8) is 0 Å². The minimum Gasteiger partial charge on any atom is -0.494 e. The molecule has 14 heterocycles. The smallest absolute Gasteiger partial charge is 0.247 e. The number of amides is 3. The first kappa shape index (κ1) is 97.8. The number of hydroxylamine groups is 3. The highest BCUT2D eigenvalue weighted by molar-refractivity contribution is 6.31. The molecule has 4 bridgehead atoms. The standard InChI is InChI=1S/C36H47FN8O3.C34H40ClN7O4.C34H40FN7O4/c1-6-36(46)41-29-20-30(33(47-5)21-32(29)44-14-9-28(10-15-44)43-12-7-27(8-13-43)42(3)4)40-34-22-35(39-23-38-34)45-31(11-16-48-45)25-17-24(2)18-26(37)19-25;2*1-4-34(43)39-27-15-28(31(44-3)16-30(27)40-10-7-23(8-11-40)41-18-25-14-24(41)19-45-25)38-32-17-33(37-20-36-32)42-29(9-12-46-42)22-5-6-26(35)21(2)13-22/h6,17-23,27-28,31H,1,7-16H2,2-5H3,(H,41,46)(H,38,39,40);2*4-6,13,15-17,20,23-25,29H,1,7-12,14,18-19H2,2-3H3,(H,39,43)(H,36,37,38)/t31-;2*24-,25-,29-/m111/s1. The molecule has 3 aromatic heterocycles. The van der Waals surface area contributed by atoms with Crippen LogP contribution < -0.4 is 76.0 Å². The number of rotatable bonds is 28. The average molecular weight is 1930 g/mol. The molecule has 9 aromatic rings. The number of carbonyl (C=O) groups excluding carboxylic acids is 3. The molecule has 740 valence electrons. The number of piperidine rings is 4. The number of anilines is 15. The number of nitrogens with zero attached hydrogens (tertiary/aromatic N) is 16. The van der Waals surface area contributed by atoms with E-state index in [9.17, 15) is 23.2 Å². The van der Waals surface area contributed by atoms with Crippen LogP contribution in [0.1, 0.15) is 135 Å². The number of nitrogens with one attached hydrogen (secondary N) is 6. The van der Waals surface area contributed by atoms with Crippen LogP contribution in [0.3, 0.4) is 0 Å². The second-order valence-corrected chi connectivity index (χ2v) is 38.3. The molecule has 0 aliphatic carbocycles. The summed E-state index contributed by atoms with van der Waals surface area (Å²) >= 11 is 6.29. The molecule has 11 fully saturated rings. The molecule has 140 heavy (non-hydrogen) atoms. The van der Waals surface area contributed by atoms with Crippen LogP contribution in [0, 0.1) is 32.4 Å². The van der Waals surface area contributed by atoms with Gasteiger partial charge in [0.05, 0.1) is 136 Å². The molecular weight excluding hydrogens is 1810 g/mol. The number of fused-ring (bicyclic) bond motifs is 4. The first-order valence-corrected chi connectivity index (χ1v) is 49.1. The quantitative estimate of drug-likeness (QED) is 0.0248. The molecule has 6 aromatic carbocycles. The zero-order valence-corrected chi connectivity index (χ0v) is 81.7. The molecule has 11 aliphatic heterocycles. The summed E-state index contributed by atoms with van der Waals surface area (Å²) in [5, 5.41) is 25.2. The SMILES string of the molecule is C=CC(=O)Nc1cc(Nc2cc(N3OCC[C@@H]3c3cc(C)cc(F)c3)ncn2)c(OC)cc1N1CCC(N2CCC(N(C)C)CC2)CC1.C=CC(=O)Nc1cc(Nc2cc(N3OCC[C@@H]3c3ccc(Cl)c(C)c3)ncn2)c(OC)cc1N1CCC(N2C[C@H]3C[C@@H]2CO3)CC1.C=CC(=O)Nc1cc(Nc2cc(N3OCC[C@@H]3c3ccc(F)c(C)c3)ncn2)c(OC)cc1N1CCC(N2C[C@H]3C[C@@H]2CO3)CC1. The van der Waals surface area contributed by atoms with E-state index in [4.69, 9.17) is 49.8 Å². The van der Waals surface area contributed by atoms with Gasteiger partial charge in [-0.1, -0.05) is 61.7 Å². The Morgan fingerprint density at radius 2 is 0.821 bits per heavy atom. The van der Waals surface area contributed by atoms with Crippen LogP contribution in [0.5, 0.6) is 17.2 Å². The lowest BCUT2D eigenvalue weighted by atomic mass is 9.97. The summed E-state index contributed by atoms with van der Waals surface area (Å²) in [7, 11) is 9.26. The summed E-state index contributed by atoms with van der Waals surface area (Å²) in [6.45, 7) is 29.5. The van der Waals surface area contributed by atoms with Crippen LogP contribution in [0.15, 0.2) is 166 Å². The first-order valence-electron chi connectivity index (χ1n) is 48.7. The molecule has 20 rings (SSSR count). The van der Waals surface area contributed by atoms with Gasteiger partial charge in [0, 0.05) is 149 Å². The number of likely N-dealkylation sites (tertiary alicyclic amines) is 3. The van der Waals surface area contributed by atoms with E-state index in [0.29, 0.717) is 167 Å². The van der Waals surface area contributed by atoms with Crippen molar-refractivity contribution < 1.29 is 61.4 Å². The largest absolute Gasteiger partial charge is 0.494 e. The second kappa shape index (κ2) is 44.2.